The molecule has 0 aliphatic carbocycles. The summed E-state index contributed by atoms with van der Waals surface area (Å²) in [6.07, 6.45) is 3.35. The molecule has 0 fully saturated rings. The van der Waals surface area contributed by atoms with Crippen molar-refractivity contribution in [2.24, 2.45) is 0 Å². The molecular formula is C12H12N2O. The highest BCUT2D eigenvalue weighted by Crippen LogP contribution is 2.19. The topological polar surface area (TPSA) is 35.0 Å². The van der Waals surface area contributed by atoms with Gasteiger partial charge in [0.05, 0.1) is 19.5 Å². The van der Waals surface area contributed by atoms with Crippen molar-refractivity contribution in [3.63, 3.8) is 0 Å². The van der Waals surface area contributed by atoms with Crippen LogP contribution < -0.4 is 4.74 Å². The maximum absolute atomic E-state index is 5.01. The van der Waals surface area contributed by atoms with Gasteiger partial charge >= 0.3 is 0 Å². The lowest BCUT2D eigenvalue weighted by Crippen LogP contribution is -1.92. The molecule has 3 heteroatoms. The summed E-state index contributed by atoms with van der Waals surface area (Å²) in [5.41, 5.74) is 2.22. The van der Waals surface area contributed by atoms with Crippen molar-refractivity contribution in [1.82, 2.24) is 9.97 Å². The van der Waals surface area contributed by atoms with E-state index in [1.165, 1.54) is 5.56 Å². The second-order valence-electron chi connectivity index (χ2n) is 3.26. The Morgan fingerprint density at radius 2 is 1.73 bits per heavy atom. The Bertz CT molecular complexity index is 451. The maximum atomic E-state index is 5.01. The lowest BCUT2D eigenvalue weighted by atomic mass is 10.1. The van der Waals surface area contributed by atoms with E-state index in [4.69, 9.17) is 4.74 Å². The van der Waals surface area contributed by atoms with Crippen LogP contribution in [0.25, 0.3) is 11.4 Å². The molecule has 0 spiro atoms. The van der Waals surface area contributed by atoms with E-state index in [2.05, 4.69) is 9.97 Å². The van der Waals surface area contributed by atoms with E-state index in [0.717, 1.165) is 11.4 Å². The van der Waals surface area contributed by atoms with E-state index in [0.29, 0.717) is 5.75 Å². The fraction of sp³-hybridized carbons (Fsp3) is 0.167. The predicted molar refractivity (Wildman–Crippen MR) is 58.8 cm³/mol. The summed E-state index contributed by atoms with van der Waals surface area (Å²) in [6, 6.07) is 8.04. The van der Waals surface area contributed by atoms with Gasteiger partial charge in [-0.25, -0.2) is 9.97 Å². The van der Waals surface area contributed by atoms with Crippen molar-refractivity contribution >= 4 is 0 Å². The summed E-state index contributed by atoms with van der Waals surface area (Å²) in [4.78, 5) is 8.49. The quantitative estimate of drug-likeness (QED) is 0.747. The third kappa shape index (κ3) is 1.96. The molecule has 0 unspecified atom stereocenters. The molecule has 15 heavy (non-hydrogen) atoms. The molecule has 0 radical (unpaired) electrons. The number of nitrogens with zero attached hydrogens (tertiary/aromatic N) is 2. The molecule has 1 heterocycles. The normalized spacial score (nSPS) is 10.0. The van der Waals surface area contributed by atoms with E-state index in [1.54, 1.807) is 19.5 Å². The van der Waals surface area contributed by atoms with Crippen LogP contribution in [0, 0.1) is 6.92 Å². The van der Waals surface area contributed by atoms with E-state index >= 15 is 0 Å². The summed E-state index contributed by atoms with van der Waals surface area (Å²) < 4.78 is 5.01. The molecule has 1 aromatic heterocycles. The van der Waals surface area contributed by atoms with Gasteiger partial charge in [-0.15, -0.1) is 0 Å². The number of ether oxygens (including phenoxy) is 1. The smallest absolute Gasteiger partial charge is 0.159 e. The van der Waals surface area contributed by atoms with Crippen LogP contribution in [-0.4, -0.2) is 17.1 Å². The Labute approximate surface area is 88.8 Å². The minimum absolute atomic E-state index is 0.673. The van der Waals surface area contributed by atoms with Gasteiger partial charge in [-0.2, -0.15) is 0 Å². The van der Waals surface area contributed by atoms with E-state index in [9.17, 15) is 0 Å². The van der Waals surface area contributed by atoms with E-state index in [1.807, 2.05) is 31.2 Å². The largest absolute Gasteiger partial charge is 0.494 e. The van der Waals surface area contributed by atoms with Crippen LogP contribution in [-0.2, 0) is 0 Å². The minimum Gasteiger partial charge on any atom is -0.494 e. The molecule has 0 N–H and O–H groups in total. The SMILES string of the molecule is COc1cnc(-c2ccccc2C)nc1. The Balaban J connectivity index is 2.42. The predicted octanol–water partition coefficient (Wildman–Crippen LogP) is 2.46. The van der Waals surface area contributed by atoms with Gasteiger partial charge in [0.2, 0.25) is 0 Å². The van der Waals surface area contributed by atoms with Gasteiger partial charge in [-0.1, -0.05) is 24.3 Å². The number of hydrogen-bond acceptors (Lipinski definition) is 3. The van der Waals surface area contributed by atoms with Gasteiger partial charge in [-0.3, -0.25) is 0 Å². The van der Waals surface area contributed by atoms with Gasteiger partial charge in [0.1, 0.15) is 0 Å². The Kier molecular flexibility index (Phi) is 2.63. The van der Waals surface area contributed by atoms with Gasteiger partial charge in [0, 0.05) is 5.56 Å². The van der Waals surface area contributed by atoms with Crippen LogP contribution in [0.2, 0.25) is 0 Å². The lowest BCUT2D eigenvalue weighted by Gasteiger charge is -2.04. The fourth-order valence-corrected chi connectivity index (χ4v) is 1.38. The van der Waals surface area contributed by atoms with Crippen LogP contribution in [0.15, 0.2) is 36.7 Å². The van der Waals surface area contributed by atoms with Crippen LogP contribution in [0.3, 0.4) is 0 Å². The van der Waals surface area contributed by atoms with Crippen LogP contribution >= 0.6 is 0 Å². The summed E-state index contributed by atoms with van der Waals surface area (Å²) >= 11 is 0. The highest BCUT2D eigenvalue weighted by molar-refractivity contribution is 5.59. The molecule has 2 rings (SSSR count). The zero-order chi connectivity index (χ0) is 10.7. The van der Waals surface area contributed by atoms with Crippen molar-refractivity contribution in [2.75, 3.05) is 7.11 Å². The average Bonchev–Trinajstić information content (AvgIpc) is 2.30. The Morgan fingerprint density at radius 3 is 2.33 bits per heavy atom. The molecule has 0 bridgehead atoms. The number of hydrogen-bond donors (Lipinski definition) is 0. The van der Waals surface area contributed by atoms with Gasteiger partial charge in [0.15, 0.2) is 11.6 Å². The number of aryl methyl sites for hydroxylation is 1. The first-order chi connectivity index (χ1) is 7.31. The van der Waals surface area contributed by atoms with Crippen molar-refractivity contribution in [2.45, 2.75) is 6.92 Å². The van der Waals surface area contributed by atoms with Gasteiger partial charge in [0.25, 0.3) is 0 Å². The van der Waals surface area contributed by atoms with Crippen molar-refractivity contribution in [3.05, 3.63) is 42.2 Å². The third-order valence-electron chi connectivity index (χ3n) is 2.25. The highest BCUT2D eigenvalue weighted by atomic mass is 16.5. The zero-order valence-corrected chi connectivity index (χ0v) is 8.77. The molecule has 0 saturated heterocycles. The minimum atomic E-state index is 0.673. The zero-order valence-electron chi connectivity index (χ0n) is 8.77. The van der Waals surface area contributed by atoms with Crippen molar-refractivity contribution < 1.29 is 4.74 Å². The number of methoxy groups -OCH3 is 1. The summed E-state index contributed by atoms with van der Waals surface area (Å²) in [6.45, 7) is 2.04. The Morgan fingerprint density at radius 1 is 1.07 bits per heavy atom. The molecular weight excluding hydrogens is 188 g/mol. The van der Waals surface area contributed by atoms with E-state index in [-0.39, 0.29) is 0 Å². The molecule has 0 amide bonds. The molecule has 2 aromatic rings. The first-order valence-corrected chi connectivity index (χ1v) is 4.73. The molecule has 3 nitrogen and oxygen atoms in total. The first kappa shape index (κ1) is 9.65. The highest BCUT2D eigenvalue weighted by Gasteiger charge is 2.03. The monoisotopic (exact) mass is 200 g/mol. The Hall–Kier alpha value is -1.90. The standard InChI is InChI=1S/C12H12N2O/c1-9-5-3-4-6-11(9)12-13-7-10(15-2)8-14-12/h3-8H,1-2H3. The second-order valence-corrected chi connectivity index (χ2v) is 3.26. The first-order valence-electron chi connectivity index (χ1n) is 4.73. The summed E-state index contributed by atoms with van der Waals surface area (Å²) in [5, 5.41) is 0. The molecule has 0 aliphatic rings. The molecule has 0 aliphatic heterocycles. The molecule has 0 atom stereocenters. The molecule has 0 saturated carbocycles. The van der Waals surface area contributed by atoms with Crippen LogP contribution in [0.5, 0.6) is 5.75 Å². The summed E-state index contributed by atoms with van der Waals surface area (Å²) in [5.74, 6) is 1.40. The summed E-state index contributed by atoms with van der Waals surface area (Å²) in [7, 11) is 1.60. The van der Waals surface area contributed by atoms with Crippen molar-refractivity contribution in [1.29, 1.82) is 0 Å². The number of rotatable bonds is 2. The van der Waals surface area contributed by atoms with E-state index < -0.39 is 0 Å². The maximum Gasteiger partial charge on any atom is 0.159 e. The number of aromatic nitrogens is 2. The fourth-order valence-electron chi connectivity index (χ4n) is 1.38. The third-order valence-corrected chi connectivity index (χ3v) is 2.25. The molecule has 1 aromatic carbocycles. The van der Waals surface area contributed by atoms with Crippen molar-refractivity contribution in [3.8, 4) is 17.1 Å². The average molecular weight is 200 g/mol. The molecule has 76 valence electrons. The van der Waals surface area contributed by atoms with Gasteiger partial charge in [-0.05, 0) is 12.5 Å². The van der Waals surface area contributed by atoms with Gasteiger partial charge < -0.3 is 4.74 Å². The van der Waals surface area contributed by atoms with Crippen LogP contribution in [0.1, 0.15) is 5.56 Å². The van der Waals surface area contributed by atoms with Crippen LogP contribution in [0.4, 0.5) is 0 Å². The lowest BCUT2D eigenvalue weighted by molar-refractivity contribution is 0.411. The number of benzene rings is 1. The second kappa shape index (κ2) is 4.09.